The first-order chi connectivity index (χ1) is 9.56. The van der Waals surface area contributed by atoms with Crippen LogP contribution in [0.2, 0.25) is 0 Å². The number of rotatable bonds is 8. The first-order valence-electron chi connectivity index (χ1n) is 6.91. The zero-order chi connectivity index (χ0) is 15.0. The van der Waals surface area contributed by atoms with Gasteiger partial charge >= 0.3 is 0 Å². The summed E-state index contributed by atoms with van der Waals surface area (Å²) in [5, 5.41) is 2.82. The van der Waals surface area contributed by atoms with Gasteiger partial charge < -0.3 is 10.2 Å². The van der Waals surface area contributed by atoms with E-state index >= 15 is 0 Å². The van der Waals surface area contributed by atoms with E-state index in [9.17, 15) is 4.79 Å². The van der Waals surface area contributed by atoms with E-state index in [1.54, 1.807) is 6.08 Å². The molecule has 0 radical (unpaired) electrons. The zero-order valence-corrected chi connectivity index (χ0v) is 12.7. The zero-order valence-electron chi connectivity index (χ0n) is 12.7. The van der Waals surface area contributed by atoms with Crippen LogP contribution in [0, 0.1) is 0 Å². The number of anilines is 1. The maximum atomic E-state index is 11.8. The van der Waals surface area contributed by atoms with Crippen LogP contribution in [0.4, 0.5) is 5.69 Å². The van der Waals surface area contributed by atoms with Gasteiger partial charge in [-0.05, 0) is 26.1 Å². The third kappa shape index (κ3) is 5.05. The summed E-state index contributed by atoms with van der Waals surface area (Å²) in [4.78, 5) is 16.1. The van der Waals surface area contributed by atoms with Crippen LogP contribution in [0.1, 0.15) is 6.92 Å². The molecule has 1 aromatic rings. The van der Waals surface area contributed by atoms with Crippen LogP contribution >= 0.6 is 0 Å². The van der Waals surface area contributed by atoms with Crippen molar-refractivity contribution in [1.82, 2.24) is 10.2 Å². The molecule has 1 rings (SSSR count). The lowest BCUT2D eigenvalue weighted by Crippen LogP contribution is -2.45. The van der Waals surface area contributed by atoms with Crippen LogP contribution in [-0.4, -0.2) is 50.6 Å². The highest BCUT2D eigenvalue weighted by atomic mass is 16.2. The van der Waals surface area contributed by atoms with Crippen molar-refractivity contribution in [3.63, 3.8) is 0 Å². The Morgan fingerprint density at radius 2 is 1.95 bits per heavy atom. The molecule has 110 valence electrons. The summed E-state index contributed by atoms with van der Waals surface area (Å²) in [6.45, 7) is 7.73. The van der Waals surface area contributed by atoms with Gasteiger partial charge in [0.05, 0.1) is 6.04 Å². The molecular weight excluding hydrogens is 250 g/mol. The number of nitrogens with zero attached hydrogens (tertiary/aromatic N) is 2. The first kappa shape index (κ1) is 16.2. The van der Waals surface area contributed by atoms with Gasteiger partial charge in [0.2, 0.25) is 5.91 Å². The van der Waals surface area contributed by atoms with Crippen LogP contribution < -0.4 is 10.2 Å². The summed E-state index contributed by atoms with van der Waals surface area (Å²) < 4.78 is 0. The number of amides is 1. The first-order valence-corrected chi connectivity index (χ1v) is 6.91. The van der Waals surface area contributed by atoms with E-state index < -0.39 is 0 Å². The lowest BCUT2D eigenvalue weighted by atomic mass is 10.2. The predicted octanol–water partition coefficient (Wildman–Crippen LogP) is 1.75. The molecule has 0 unspecified atom stereocenters. The molecule has 0 aromatic heterocycles. The van der Waals surface area contributed by atoms with Crippen molar-refractivity contribution < 1.29 is 4.79 Å². The molecule has 1 N–H and O–H groups in total. The molecule has 0 bridgehead atoms. The fourth-order valence-electron chi connectivity index (χ4n) is 1.83. The molecule has 0 aliphatic heterocycles. The molecule has 1 atom stereocenters. The topological polar surface area (TPSA) is 35.6 Å². The summed E-state index contributed by atoms with van der Waals surface area (Å²) >= 11 is 0. The van der Waals surface area contributed by atoms with Gasteiger partial charge in [-0.1, -0.05) is 24.3 Å². The quantitative estimate of drug-likeness (QED) is 0.734. The minimum absolute atomic E-state index is 0.0368. The number of carbonyl (C=O) groups is 1. The van der Waals surface area contributed by atoms with E-state index in [0.29, 0.717) is 6.54 Å². The third-order valence-corrected chi connectivity index (χ3v) is 3.45. The molecule has 0 saturated carbocycles. The smallest absolute Gasteiger partial charge is 0.237 e. The van der Waals surface area contributed by atoms with Crippen LogP contribution in [-0.2, 0) is 4.79 Å². The maximum Gasteiger partial charge on any atom is 0.237 e. The number of para-hydroxylation sites is 1. The lowest BCUT2D eigenvalue weighted by Gasteiger charge is -2.27. The summed E-state index contributed by atoms with van der Waals surface area (Å²) in [5.74, 6) is 0.0368. The Morgan fingerprint density at radius 1 is 1.30 bits per heavy atom. The van der Waals surface area contributed by atoms with Crippen LogP contribution in [0.25, 0.3) is 0 Å². The standard InChI is InChI=1S/C16H25N3O/c1-5-11-17-16(20)14(2)18(3)12-13-19(4)15-9-7-6-8-10-15/h5-10,14H,1,11-13H2,2-4H3,(H,17,20)/t14-/m1/s1. The van der Waals surface area contributed by atoms with Crippen molar-refractivity contribution in [2.75, 3.05) is 38.6 Å². The Hall–Kier alpha value is -1.81. The fraction of sp³-hybridized carbons (Fsp3) is 0.438. The molecule has 4 nitrogen and oxygen atoms in total. The largest absolute Gasteiger partial charge is 0.373 e. The number of hydrogen-bond acceptors (Lipinski definition) is 3. The second kappa shape index (κ2) is 8.38. The second-order valence-electron chi connectivity index (χ2n) is 4.95. The van der Waals surface area contributed by atoms with Gasteiger partial charge in [-0.25, -0.2) is 0 Å². The maximum absolute atomic E-state index is 11.8. The Balaban J connectivity index is 2.40. The van der Waals surface area contributed by atoms with Crippen molar-refractivity contribution in [2.24, 2.45) is 0 Å². The summed E-state index contributed by atoms with van der Waals surface area (Å²) in [6.07, 6.45) is 1.69. The predicted molar refractivity (Wildman–Crippen MR) is 85.0 cm³/mol. The minimum atomic E-state index is -0.140. The molecule has 0 fully saturated rings. The highest BCUT2D eigenvalue weighted by molar-refractivity contribution is 5.81. The third-order valence-electron chi connectivity index (χ3n) is 3.45. The van der Waals surface area contributed by atoms with Crippen molar-refractivity contribution >= 4 is 11.6 Å². The fourth-order valence-corrected chi connectivity index (χ4v) is 1.83. The Bertz CT molecular complexity index is 419. The Kier molecular flexibility index (Phi) is 6.81. The normalized spacial score (nSPS) is 12.0. The number of hydrogen-bond donors (Lipinski definition) is 1. The van der Waals surface area contributed by atoms with Crippen LogP contribution in [0.5, 0.6) is 0 Å². The van der Waals surface area contributed by atoms with Crippen molar-refractivity contribution in [3.8, 4) is 0 Å². The molecule has 0 saturated heterocycles. The summed E-state index contributed by atoms with van der Waals surface area (Å²) in [5.41, 5.74) is 1.18. The molecule has 0 aliphatic carbocycles. The van der Waals surface area contributed by atoms with Crippen LogP contribution in [0.3, 0.4) is 0 Å². The molecule has 1 amide bonds. The molecule has 0 heterocycles. The molecule has 0 aliphatic rings. The number of carbonyl (C=O) groups excluding carboxylic acids is 1. The van der Waals surface area contributed by atoms with Gasteiger partial charge in [-0.15, -0.1) is 6.58 Å². The van der Waals surface area contributed by atoms with Gasteiger partial charge in [-0.2, -0.15) is 0 Å². The van der Waals surface area contributed by atoms with Crippen molar-refractivity contribution in [3.05, 3.63) is 43.0 Å². The average molecular weight is 275 g/mol. The van der Waals surface area contributed by atoms with E-state index in [2.05, 4.69) is 40.9 Å². The minimum Gasteiger partial charge on any atom is -0.373 e. The van der Waals surface area contributed by atoms with Gasteiger partial charge in [0.1, 0.15) is 0 Å². The van der Waals surface area contributed by atoms with Gasteiger partial charge in [0.15, 0.2) is 0 Å². The van der Waals surface area contributed by atoms with Gasteiger partial charge in [0, 0.05) is 32.4 Å². The highest BCUT2D eigenvalue weighted by Crippen LogP contribution is 2.10. The SMILES string of the molecule is C=CCNC(=O)[C@@H](C)N(C)CCN(C)c1ccccc1. The van der Waals surface area contributed by atoms with E-state index in [-0.39, 0.29) is 11.9 Å². The van der Waals surface area contributed by atoms with Crippen LogP contribution in [0.15, 0.2) is 43.0 Å². The van der Waals surface area contributed by atoms with Gasteiger partial charge in [0.25, 0.3) is 0 Å². The van der Waals surface area contributed by atoms with Gasteiger partial charge in [-0.3, -0.25) is 9.69 Å². The molecule has 0 spiro atoms. The number of benzene rings is 1. The highest BCUT2D eigenvalue weighted by Gasteiger charge is 2.17. The molecule has 20 heavy (non-hydrogen) atoms. The summed E-state index contributed by atoms with van der Waals surface area (Å²) in [6, 6.07) is 10.1. The van der Waals surface area contributed by atoms with E-state index in [1.165, 1.54) is 5.69 Å². The monoisotopic (exact) mass is 275 g/mol. The van der Waals surface area contributed by atoms with E-state index in [1.807, 2.05) is 32.2 Å². The molecular formula is C16H25N3O. The van der Waals surface area contributed by atoms with E-state index in [0.717, 1.165) is 13.1 Å². The molecule has 1 aromatic carbocycles. The molecule has 4 heteroatoms. The van der Waals surface area contributed by atoms with Crippen molar-refractivity contribution in [2.45, 2.75) is 13.0 Å². The van der Waals surface area contributed by atoms with Crippen molar-refractivity contribution in [1.29, 1.82) is 0 Å². The Labute approximate surface area is 122 Å². The Morgan fingerprint density at radius 3 is 2.55 bits per heavy atom. The summed E-state index contributed by atoms with van der Waals surface area (Å²) in [7, 11) is 4.03. The number of likely N-dealkylation sites (N-methyl/N-ethyl adjacent to an activating group) is 2. The number of nitrogens with one attached hydrogen (secondary N) is 1. The lowest BCUT2D eigenvalue weighted by molar-refractivity contribution is -0.125. The second-order valence-corrected chi connectivity index (χ2v) is 4.95. The average Bonchev–Trinajstić information content (AvgIpc) is 2.49. The van der Waals surface area contributed by atoms with E-state index in [4.69, 9.17) is 0 Å².